The Morgan fingerprint density at radius 2 is 2.36 bits per heavy atom. The molecule has 0 saturated carbocycles. The fourth-order valence-corrected chi connectivity index (χ4v) is 2.61. The molecular formula is C16H23FN2O3. The van der Waals surface area contributed by atoms with E-state index in [0.29, 0.717) is 25.3 Å². The summed E-state index contributed by atoms with van der Waals surface area (Å²) in [5.74, 6) is -0.0475. The van der Waals surface area contributed by atoms with Gasteiger partial charge < -0.3 is 20.1 Å². The van der Waals surface area contributed by atoms with Crippen molar-refractivity contribution in [1.82, 2.24) is 10.2 Å². The predicted molar refractivity (Wildman–Crippen MR) is 81.2 cm³/mol. The van der Waals surface area contributed by atoms with Crippen LogP contribution in [0.25, 0.3) is 0 Å². The molecule has 0 bridgehead atoms. The fraction of sp³-hybridized carbons (Fsp3) is 0.562. The molecule has 2 rings (SSSR count). The third kappa shape index (κ3) is 4.34. The SMILES string of the molecule is CCOc1ccc(CNC(=O)N2CCCC(CO)C2)cc1F. The van der Waals surface area contributed by atoms with Crippen molar-refractivity contribution >= 4 is 6.03 Å². The Morgan fingerprint density at radius 1 is 1.55 bits per heavy atom. The van der Waals surface area contributed by atoms with E-state index in [2.05, 4.69) is 5.32 Å². The van der Waals surface area contributed by atoms with E-state index in [1.165, 1.54) is 6.07 Å². The number of piperidine rings is 1. The minimum atomic E-state index is -0.424. The Morgan fingerprint density at radius 3 is 3.05 bits per heavy atom. The van der Waals surface area contributed by atoms with Crippen LogP contribution in [0.5, 0.6) is 5.75 Å². The van der Waals surface area contributed by atoms with Crippen LogP contribution in [-0.2, 0) is 6.54 Å². The maximum absolute atomic E-state index is 13.7. The zero-order chi connectivity index (χ0) is 15.9. The molecule has 1 saturated heterocycles. The third-order valence-corrected chi connectivity index (χ3v) is 3.80. The van der Waals surface area contributed by atoms with Crippen LogP contribution in [0.4, 0.5) is 9.18 Å². The lowest BCUT2D eigenvalue weighted by molar-refractivity contribution is 0.129. The Balaban J connectivity index is 1.87. The summed E-state index contributed by atoms with van der Waals surface area (Å²) in [7, 11) is 0. The Labute approximate surface area is 130 Å². The number of carbonyl (C=O) groups is 1. The van der Waals surface area contributed by atoms with Crippen molar-refractivity contribution < 1.29 is 19.0 Å². The molecule has 1 aromatic rings. The van der Waals surface area contributed by atoms with Crippen molar-refractivity contribution in [3.63, 3.8) is 0 Å². The first-order valence-corrected chi connectivity index (χ1v) is 7.69. The summed E-state index contributed by atoms with van der Waals surface area (Å²) in [5.41, 5.74) is 0.685. The van der Waals surface area contributed by atoms with Crippen molar-refractivity contribution in [2.75, 3.05) is 26.3 Å². The van der Waals surface area contributed by atoms with Crippen LogP contribution in [0, 0.1) is 11.7 Å². The summed E-state index contributed by atoms with van der Waals surface area (Å²) in [6, 6.07) is 4.51. The summed E-state index contributed by atoms with van der Waals surface area (Å²) in [4.78, 5) is 13.8. The van der Waals surface area contributed by atoms with Gasteiger partial charge in [0.05, 0.1) is 6.61 Å². The molecule has 1 unspecified atom stereocenters. The zero-order valence-corrected chi connectivity index (χ0v) is 12.8. The van der Waals surface area contributed by atoms with Crippen molar-refractivity contribution in [2.45, 2.75) is 26.3 Å². The van der Waals surface area contributed by atoms with Gasteiger partial charge in [-0.2, -0.15) is 0 Å². The van der Waals surface area contributed by atoms with Gasteiger partial charge in [-0.05, 0) is 43.4 Å². The van der Waals surface area contributed by atoms with Gasteiger partial charge in [-0.15, -0.1) is 0 Å². The average molecular weight is 310 g/mol. The minimum Gasteiger partial charge on any atom is -0.491 e. The number of hydrogen-bond acceptors (Lipinski definition) is 3. The van der Waals surface area contributed by atoms with E-state index >= 15 is 0 Å². The second kappa shape index (κ2) is 7.98. The molecule has 122 valence electrons. The number of halogens is 1. The van der Waals surface area contributed by atoms with Crippen molar-refractivity contribution in [1.29, 1.82) is 0 Å². The second-order valence-corrected chi connectivity index (χ2v) is 5.49. The highest BCUT2D eigenvalue weighted by atomic mass is 19.1. The Hall–Kier alpha value is -1.82. The van der Waals surface area contributed by atoms with Gasteiger partial charge in [-0.1, -0.05) is 6.07 Å². The third-order valence-electron chi connectivity index (χ3n) is 3.80. The van der Waals surface area contributed by atoms with Gasteiger partial charge in [0, 0.05) is 26.2 Å². The van der Waals surface area contributed by atoms with Crippen LogP contribution in [0.15, 0.2) is 18.2 Å². The van der Waals surface area contributed by atoms with Gasteiger partial charge >= 0.3 is 6.03 Å². The number of likely N-dealkylation sites (tertiary alicyclic amines) is 1. The molecule has 1 fully saturated rings. The van der Waals surface area contributed by atoms with Crippen LogP contribution >= 0.6 is 0 Å². The Kier molecular flexibility index (Phi) is 6.00. The summed E-state index contributed by atoms with van der Waals surface area (Å²) in [5, 5.41) is 12.0. The van der Waals surface area contributed by atoms with Gasteiger partial charge in [-0.25, -0.2) is 9.18 Å². The van der Waals surface area contributed by atoms with Gasteiger partial charge in [0.15, 0.2) is 11.6 Å². The van der Waals surface area contributed by atoms with E-state index in [4.69, 9.17) is 4.74 Å². The van der Waals surface area contributed by atoms with Gasteiger partial charge in [0.2, 0.25) is 0 Å². The summed E-state index contributed by atoms with van der Waals surface area (Å²) in [6.07, 6.45) is 1.85. The van der Waals surface area contributed by atoms with Crippen LogP contribution in [0.3, 0.4) is 0 Å². The molecule has 6 heteroatoms. The number of aliphatic hydroxyl groups is 1. The largest absolute Gasteiger partial charge is 0.491 e. The molecule has 1 aliphatic rings. The minimum absolute atomic E-state index is 0.105. The normalized spacial score (nSPS) is 18.1. The first-order chi connectivity index (χ1) is 10.6. The lowest BCUT2D eigenvalue weighted by Gasteiger charge is -2.31. The highest BCUT2D eigenvalue weighted by molar-refractivity contribution is 5.74. The number of benzene rings is 1. The van der Waals surface area contributed by atoms with Crippen molar-refractivity contribution in [3.8, 4) is 5.75 Å². The monoisotopic (exact) mass is 310 g/mol. The molecule has 0 aromatic heterocycles. The van der Waals surface area contributed by atoms with Gasteiger partial charge in [-0.3, -0.25) is 0 Å². The van der Waals surface area contributed by atoms with Crippen molar-refractivity contribution in [3.05, 3.63) is 29.6 Å². The number of rotatable bonds is 5. The topological polar surface area (TPSA) is 61.8 Å². The maximum Gasteiger partial charge on any atom is 0.317 e. The maximum atomic E-state index is 13.7. The molecule has 2 N–H and O–H groups in total. The van der Waals surface area contributed by atoms with E-state index in [1.54, 1.807) is 24.0 Å². The molecule has 1 aromatic carbocycles. The van der Waals surface area contributed by atoms with Crippen LogP contribution in [-0.4, -0.2) is 42.3 Å². The number of urea groups is 1. The molecule has 1 atom stereocenters. The summed E-state index contributed by atoms with van der Waals surface area (Å²) in [6.45, 7) is 3.84. The van der Waals surface area contributed by atoms with Crippen LogP contribution < -0.4 is 10.1 Å². The molecule has 0 aliphatic carbocycles. The van der Waals surface area contributed by atoms with Crippen LogP contribution in [0.2, 0.25) is 0 Å². The first kappa shape index (κ1) is 16.5. The van der Waals surface area contributed by atoms with E-state index < -0.39 is 5.82 Å². The number of nitrogens with zero attached hydrogens (tertiary/aromatic N) is 1. The smallest absolute Gasteiger partial charge is 0.317 e. The Bertz CT molecular complexity index is 510. The molecule has 1 heterocycles. The van der Waals surface area contributed by atoms with E-state index in [1.807, 2.05) is 0 Å². The fourth-order valence-electron chi connectivity index (χ4n) is 2.61. The molecule has 0 spiro atoms. The molecule has 2 amide bonds. The highest BCUT2D eigenvalue weighted by Gasteiger charge is 2.22. The molecular weight excluding hydrogens is 287 g/mol. The highest BCUT2D eigenvalue weighted by Crippen LogP contribution is 2.19. The van der Waals surface area contributed by atoms with E-state index in [0.717, 1.165) is 12.8 Å². The summed E-state index contributed by atoms with van der Waals surface area (Å²) >= 11 is 0. The predicted octanol–water partition coefficient (Wildman–Crippen LogP) is 2.14. The van der Waals surface area contributed by atoms with E-state index in [-0.39, 0.29) is 30.9 Å². The van der Waals surface area contributed by atoms with Gasteiger partial charge in [0.1, 0.15) is 0 Å². The standard InChI is InChI=1S/C16H23FN2O3/c1-2-22-15-6-5-12(8-14(15)17)9-18-16(21)19-7-3-4-13(10-19)11-20/h5-6,8,13,20H,2-4,7,9-11H2,1H3,(H,18,21). The molecule has 22 heavy (non-hydrogen) atoms. The second-order valence-electron chi connectivity index (χ2n) is 5.49. The quantitative estimate of drug-likeness (QED) is 0.876. The average Bonchev–Trinajstić information content (AvgIpc) is 2.55. The lowest BCUT2D eigenvalue weighted by Crippen LogP contribution is -2.45. The first-order valence-electron chi connectivity index (χ1n) is 7.69. The number of ether oxygens (including phenoxy) is 1. The number of hydrogen-bond donors (Lipinski definition) is 2. The lowest BCUT2D eigenvalue weighted by atomic mass is 9.99. The molecule has 0 radical (unpaired) electrons. The van der Waals surface area contributed by atoms with Gasteiger partial charge in [0.25, 0.3) is 0 Å². The number of nitrogens with one attached hydrogen (secondary N) is 1. The number of carbonyl (C=O) groups excluding carboxylic acids is 1. The molecule has 5 nitrogen and oxygen atoms in total. The number of aliphatic hydroxyl groups excluding tert-OH is 1. The van der Waals surface area contributed by atoms with Crippen LogP contribution in [0.1, 0.15) is 25.3 Å². The number of amides is 2. The van der Waals surface area contributed by atoms with E-state index in [9.17, 15) is 14.3 Å². The summed E-state index contributed by atoms with van der Waals surface area (Å²) < 4.78 is 18.9. The molecule has 1 aliphatic heterocycles. The zero-order valence-electron chi connectivity index (χ0n) is 12.8. The van der Waals surface area contributed by atoms with Crippen molar-refractivity contribution in [2.24, 2.45) is 5.92 Å².